The number of amides is 1. The van der Waals surface area contributed by atoms with E-state index in [1.54, 1.807) is 29.9 Å². The van der Waals surface area contributed by atoms with Gasteiger partial charge in [-0.25, -0.2) is 0 Å². The van der Waals surface area contributed by atoms with Crippen molar-refractivity contribution in [3.8, 4) is 11.5 Å². The number of hydrogen-bond donors (Lipinski definition) is 1. The Hall–Kier alpha value is -2.59. The maximum Gasteiger partial charge on any atom is 0.417 e. The fourth-order valence-corrected chi connectivity index (χ4v) is 3.24. The first-order valence-corrected chi connectivity index (χ1v) is 9.22. The van der Waals surface area contributed by atoms with Crippen molar-refractivity contribution in [2.24, 2.45) is 7.05 Å². The fourth-order valence-electron chi connectivity index (χ4n) is 2.31. The van der Waals surface area contributed by atoms with E-state index >= 15 is 0 Å². The van der Waals surface area contributed by atoms with E-state index in [1.165, 1.54) is 6.07 Å². The number of anilines is 1. The molecule has 11 heteroatoms. The van der Waals surface area contributed by atoms with Gasteiger partial charge in [0.15, 0.2) is 11.0 Å². The number of hydrogen-bond acceptors (Lipinski definition) is 5. The largest absolute Gasteiger partial charge is 0.417 e. The normalized spacial score (nSPS) is 11.5. The van der Waals surface area contributed by atoms with Gasteiger partial charge in [0.2, 0.25) is 5.91 Å². The lowest BCUT2D eigenvalue weighted by Gasteiger charge is -2.11. The third-order valence-electron chi connectivity index (χ3n) is 3.62. The van der Waals surface area contributed by atoms with Gasteiger partial charge >= 0.3 is 6.18 Å². The van der Waals surface area contributed by atoms with Gasteiger partial charge in [0, 0.05) is 18.9 Å². The van der Waals surface area contributed by atoms with Crippen LogP contribution < -0.4 is 5.32 Å². The molecule has 0 aliphatic heterocycles. The quantitative estimate of drug-likeness (QED) is 0.615. The lowest BCUT2D eigenvalue weighted by atomic mass is 10.2. The van der Waals surface area contributed by atoms with Crippen LogP contribution in [0.2, 0.25) is 5.02 Å². The third kappa shape index (κ3) is 4.63. The molecule has 0 saturated carbocycles. The van der Waals surface area contributed by atoms with Crippen LogP contribution in [0.1, 0.15) is 5.56 Å². The average molecular weight is 428 g/mol. The van der Waals surface area contributed by atoms with Gasteiger partial charge in [-0.05, 0) is 30.3 Å². The van der Waals surface area contributed by atoms with Crippen LogP contribution in [0.3, 0.4) is 0 Å². The van der Waals surface area contributed by atoms with Crippen molar-refractivity contribution in [2.75, 3.05) is 11.1 Å². The smallest absolute Gasteiger partial charge is 0.325 e. The van der Waals surface area contributed by atoms with E-state index in [9.17, 15) is 18.0 Å². The number of nitrogens with one attached hydrogen (secondary N) is 1. The molecule has 28 heavy (non-hydrogen) atoms. The summed E-state index contributed by atoms with van der Waals surface area (Å²) in [7, 11) is 1.74. The minimum atomic E-state index is -4.60. The number of halogens is 4. The Morgan fingerprint density at radius 1 is 1.25 bits per heavy atom. The number of benzene rings is 1. The Morgan fingerprint density at radius 2 is 2.04 bits per heavy atom. The molecule has 2 aromatic heterocycles. The lowest BCUT2D eigenvalue weighted by Crippen LogP contribution is -2.15. The zero-order valence-electron chi connectivity index (χ0n) is 14.4. The molecule has 0 radical (unpaired) electrons. The van der Waals surface area contributed by atoms with Crippen LogP contribution >= 0.6 is 23.4 Å². The predicted molar refractivity (Wildman–Crippen MR) is 100 cm³/mol. The molecule has 1 aromatic carbocycles. The van der Waals surface area contributed by atoms with E-state index < -0.39 is 22.7 Å². The van der Waals surface area contributed by atoms with Crippen LogP contribution in [0.15, 0.2) is 47.8 Å². The van der Waals surface area contributed by atoms with Crippen LogP contribution in [-0.4, -0.2) is 31.4 Å². The summed E-state index contributed by atoms with van der Waals surface area (Å²) in [6, 6.07) is 8.58. The standard InChI is InChI=1S/C17H13ClF3N5OS/c1-26-15(13-4-2-3-7-22-13)24-25-16(26)28-9-14(27)23-10-5-6-12(18)11(8-10)17(19,20)21/h2-8H,9H2,1H3,(H,23,27). The molecule has 0 aliphatic carbocycles. The van der Waals surface area contributed by atoms with Gasteiger partial charge in [-0.15, -0.1) is 10.2 Å². The van der Waals surface area contributed by atoms with Gasteiger partial charge in [0.05, 0.1) is 16.3 Å². The molecule has 2 heterocycles. The zero-order chi connectivity index (χ0) is 20.3. The molecule has 6 nitrogen and oxygen atoms in total. The van der Waals surface area contributed by atoms with Crippen molar-refractivity contribution < 1.29 is 18.0 Å². The minimum Gasteiger partial charge on any atom is -0.325 e. The highest BCUT2D eigenvalue weighted by molar-refractivity contribution is 7.99. The van der Waals surface area contributed by atoms with Crippen molar-refractivity contribution >= 4 is 35.0 Å². The summed E-state index contributed by atoms with van der Waals surface area (Å²) >= 11 is 6.67. The van der Waals surface area contributed by atoms with E-state index in [0.717, 1.165) is 23.9 Å². The number of pyridine rings is 1. The number of alkyl halides is 3. The highest BCUT2D eigenvalue weighted by atomic mass is 35.5. The molecular formula is C17H13ClF3N5OS. The number of thioether (sulfide) groups is 1. The summed E-state index contributed by atoms with van der Waals surface area (Å²) in [5, 5.41) is 10.5. The molecule has 0 aliphatic rings. The summed E-state index contributed by atoms with van der Waals surface area (Å²) in [4.78, 5) is 16.3. The highest BCUT2D eigenvalue weighted by Crippen LogP contribution is 2.36. The van der Waals surface area contributed by atoms with Gasteiger partial charge in [-0.1, -0.05) is 29.4 Å². The SMILES string of the molecule is Cn1c(SCC(=O)Nc2ccc(Cl)c(C(F)(F)F)c2)nnc1-c1ccccn1. The van der Waals surface area contributed by atoms with Crippen LogP contribution in [0.4, 0.5) is 18.9 Å². The molecular weight excluding hydrogens is 415 g/mol. The first kappa shape index (κ1) is 20.2. The monoisotopic (exact) mass is 427 g/mol. The number of rotatable bonds is 5. The zero-order valence-corrected chi connectivity index (χ0v) is 15.9. The summed E-state index contributed by atoms with van der Waals surface area (Å²) < 4.78 is 40.4. The molecule has 3 rings (SSSR count). The minimum absolute atomic E-state index is 0.00876. The molecule has 0 fully saturated rings. The Balaban J connectivity index is 1.65. The van der Waals surface area contributed by atoms with Gasteiger partial charge in [-0.2, -0.15) is 13.2 Å². The lowest BCUT2D eigenvalue weighted by molar-refractivity contribution is -0.137. The Morgan fingerprint density at radius 3 is 2.71 bits per heavy atom. The topological polar surface area (TPSA) is 72.7 Å². The molecule has 0 unspecified atom stereocenters. The van der Waals surface area contributed by atoms with Crippen molar-refractivity contribution in [3.05, 3.63) is 53.2 Å². The summed E-state index contributed by atoms with van der Waals surface area (Å²) in [6.45, 7) is 0. The molecule has 0 bridgehead atoms. The number of carbonyl (C=O) groups is 1. The molecule has 3 aromatic rings. The Labute approximate surface area is 167 Å². The summed E-state index contributed by atoms with van der Waals surface area (Å²) in [5.41, 5.74) is -0.364. The van der Waals surface area contributed by atoms with Crippen LogP contribution in [0, 0.1) is 0 Å². The van der Waals surface area contributed by atoms with Crippen molar-refractivity contribution in [1.29, 1.82) is 0 Å². The fraction of sp³-hybridized carbons (Fsp3) is 0.176. The van der Waals surface area contributed by atoms with Crippen molar-refractivity contribution in [1.82, 2.24) is 19.7 Å². The molecule has 0 saturated heterocycles. The number of nitrogens with zero attached hydrogens (tertiary/aromatic N) is 4. The van der Waals surface area contributed by atoms with Gasteiger partial charge in [0.1, 0.15) is 5.69 Å². The van der Waals surface area contributed by atoms with E-state index in [2.05, 4.69) is 20.5 Å². The summed E-state index contributed by atoms with van der Waals surface area (Å²) in [5.74, 6) is -0.00287. The summed E-state index contributed by atoms with van der Waals surface area (Å²) in [6.07, 6.45) is -2.97. The van der Waals surface area contributed by atoms with Gasteiger partial charge in [-0.3, -0.25) is 9.78 Å². The molecule has 146 valence electrons. The molecule has 1 amide bonds. The van der Waals surface area contributed by atoms with Crippen LogP contribution in [0.5, 0.6) is 0 Å². The second-order valence-electron chi connectivity index (χ2n) is 5.61. The average Bonchev–Trinajstić information content (AvgIpc) is 3.02. The van der Waals surface area contributed by atoms with Gasteiger partial charge < -0.3 is 9.88 Å². The second-order valence-corrected chi connectivity index (χ2v) is 6.96. The van der Waals surface area contributed by atoms with Crippen molar-refractivity contribution in [3.63, 3.8) is 0 Å². The van der Waals surface area contributed by atoms with Crippen LogP contribution in [0.25, 0.3) is 11.5 Å². The first-order valence-electron chi connectivity index (χ1n) is 7.86. The van der Waals surface area contributed by atoms with E-state index in [1.807, 2.05) is 6.07 Å². The number of carbonyl (C=O) groups excluding carboxylic acids is 1. The predicted octanol–water partition coefficient (Wildman–Crippen LogP) is 4.28. The Bertz CT molecular complexity index is 994. The Kier molecular flexibility index (Phi) is 5.90. The first-order chi connectivity index (χ1) is 13.3. The third-order valence-corrected chi connectivity index (χ3v) is 4.97. The molecule has 1 N–H and O–H groups in total. The van der Waals surface area contributed by atoms with Crippen LogP contribution in [-0.2, 0) is 18.0 Å². The molecule has 0 spiro atoms. The van der Waals surface area contributed by atoms with E-state index in [0.29, 0.717) is 16.7 Å². The van der Waals surface area contributed by atoms with Gasteiger partial charge in [0.25, 0.3) is 0 Å². The van der Waals surface area contributed by atoms with E-state index in [4.69, 9.17) is 11.6 Å². The molecule has 0 atom stereocenters. The number of aromatic nitrogens is 4. The van der Waals surface area contributed by atoms with Crippen molar-refractivity contribution in [2.45, 2.75) is 11.3 Å². The highest BCUT2D eigenvalue weighted by Gasteiger charge is 2.33. The maximum atomic E-state index is 12.9. The second kappa shape index (κ2) is 8.19. The maximum absolute atomic E-state index is 12.9. The van der Waals surface area contributed by atoms with E-state index in [-0.39, 0.29) is 11.4 Å².